The lowest BCUT2D eigenvalue weighted by Crippen LogP contribution is -2.18. The third-order valence-corrected chi connectivity index (χ3v) is 4.93. The Hall–Kier alpha value is -4.98. The molecule has 0 fully saturated rings. The summed E-state index contributed by atoms with van der Waals surface area (Å²) in [4.78, 5) is 23.6. The van der Waals surface area contributed by atoms with Crippen molar-refractivity contribution in [3.05, 3.63) is 93.9 Å². The molecule has 0 saturated carbocycles. The van der Waals surface area contributed by atoms with Gasteiger partial charge in [0.2, 0.25) is 0 Å². The molecule has 176 valence electrons. The number of nitrogens with two attached hydrogens (primary N) is 1. The Kier molecular flexibility index (Phi) is 6.83. The molecule has 0 aliphatic rings. The van der Waals surface area contributed by atoms with Crippen LogP contribution in [0.4, 0.5) is 10.1 Å². The molecule has 4 rings (SSSR count). The highest BCUT2D eigenvalue weighted by atomic mass is 19.1. The highest BCUT2D eigenvalue weighted by molar-refractivity contribution is 5.95. The van der Waals surface area contributed by atoms with Crippen LogP contribution in [0, 0.1) is 17.8 Å². The summed E-state index contributed by atoms with van der Waals surface area (Å²) < 4.78 is 19.2. The Labute approximate surface area is 199 Å². The molecule has 0 bridgehead atoms. The van der Waals surface area contributed by atoms with Crippen LogP contribution in [0.2, 0.25) is 0 Å². The molecular weight excluding hydrogens is 451 g/mol. The predicted octanol–water partition coefficient (Wildman–Crippen LogP) is 2.17. The smallest absolute Gasteiger partial charge is 0.350 e. The largest absolute Gasteiger partial charge is 0.491 e. The van der Waals surface area contributed by atoms with Crippen LogP contribution in [0.3, 0.4) is 0 Å². The molecule has 11 heteroatoms. The number of aromatic amines is 1. The number of alkyl halides is 1. The Balaban J connectivity index is 1.80. The van der Waals surface area contributed by atoms with Gasteiger partial charge in [0.15, 0.2) is 5.82 Å². The average Bonchev–Trinajstić information content (AvgIpc) is 3.27. The van der Waals surface area contributed by atoms with Gasteiger partial charge >= 0.3 is 5.69 Å². The summed E-state index contributed by atoms with van der Waals surface area (Å²) in [6, 6.07) is 12.8. The molecule has 0 spiro atoms. The third-order valence-electron chi connectivity index (χ3n) is 4.93. The zero-order chi connectivity index (χ0) is 24.8. The van der Waals surface area contributed by atoms with Crippen LogP contribution in [0.5, 0.6) is 5.75 Å². The molecule has 0 aliphatic carbocycles. The molecule has 0 amide bonds. The number of amidine groups is 1. The molecule has 5 N–H and O–H groups in total. The molecule has 2 aromatic heterocycles. The molecule has 0 aliphatic heterocycles. The molecular formula is C24H21FN8O2. The Bertz CT molecular complexity index is 1420. The summed E-state index contributed by atoms with van der Waals surface area (Å²) in [5.41, 5.74) is 7.34. The van der Waals surface area contributed by atoms with Gasteiger partial charge in [-0.2, -0.15) is 0 Å². The number of anilines is 1. The Morgan fingerprint density at radius 3 is 2.66 bits per heavy atom. The van der Waals surface area contributed by atoms with Gasteiger partial charge in [-0.15, -0.1) is 16.2 Å². The molecule has 2 heterocycles. The van der Waals surface area contributed by atoms with Crippen molar-refractivity contribution < 1.29 is 9.13 Å². The number of hydrogen-bond acceptors (Lipinski definition) is 7. The van der Waals surface area contributed by atoms with Gasteiger partial charge in [-0.3, -0.25) is 10.4 Å². The molecule has 2 aromatic carbocycles. The summed E-state index contributed by atoms with van der Waals surface area (Å²) in [6.45, 7) is -0.788. The second-order valence-corrected chi connectivity index (χ2v) is 7.32. The SMILES string of the molecule is C#Cc1cc(OCCF)cc(C(Nc2ccc(C(=N)N)cc2)c2nn(-c3ncccn3)c(=O)[nH]2)c1. The number of ether oxygens (including phenoxy) is 1. The monoisotopic (exact) mass is 472 g/mol. The van der Waals surface area contributed by atoms with E-state index >= 15 is 0 Å². The minimum Gasteiger partial charge on any atom is -0.491 e. The zero-order valence-corrected chi connectivity index (χ0v) is 18.4. The number of nitrogens with zero attached hydrogens (tertiary/aromatic N) is 4. The van der Waals surface area contributed by atoms with Crippen molar-refractivity contribution in [1.29, 1.82) is 5.41 Å². The number of benzene rings is 2. The molecule has 10 nitrogen and oxygen atoms in total. The molecule has 0 radical (unpaired) electrons. The number of aromatic nitrogens is 5. The van der Waals surface area contributed by atoms with E-state index in [0.717, 1.165) is 4.68 Å². The van der Waals surface area contributed by atoms with E-state index in [2.05, 4.69) is 31.3 Å². The van der Waals surface area contributed by atoms with E-state index < -0.39 is 18.4 Å². The molecule has 1 atom stereocenters. The highest BCUT2D eigenvalue weighted by Crippen LogP contribution is 2.28. The quantitative estimate of drug-likeness (QED) is 0.166. The Morgan fingerprint density at radius 2 is 2.00 bits per heavy atom. The first-order chi connectivity index (χ1) is 17.0. The minimum absolute atomic E-state index is 0.0598. The molecule has 4 aromatic rings. The summed E-state index contributed by atoms with van der Waals surface area (Å²) in [6.07, 6.45) is 8.63. The second-order valence-electron chi connectivity index (χ2n) is 7.32. The van der Waals surface area contributed by atoms with Gasteiger partial charge in [0.1, 0.15) is 30.9 Å². The fourth-order valence-electron chi connectivity index (χ4n) is 3.34. The minimum atomic E-state index is -0.697. The fourth-order valence-corrected chi connectivity index (χ4v) is 3.34. The van der Waals surface area contributed by atoms with Gasteiger partial charge in [0.05, 0.1) is 0 Å². The van der Waals surface area contributed by atoms with Crippen molar-refractivity contribution in [2.24, 2.45) is 5.73 Å². The van der Waals surface area contributed by atoms with E-state index in [1.54, 1.807) is 48.5 Å². The van der Waals surface area contributed by atoms with E-state index in [0.29, 0.717) is 28.1 Å². The number of nitrogens with one attached hydrogen (secondary N) is 3. The summed E-state index contributed by atoms with van der Waals surface area (Å²) in [5.74, 6) is 3.23. The van der Waals surface area contributed by atoms with Crippen LogP contribution in [0.15, 0.2) is 65.7 Å². The lowest BCUT2D eigenvalue weighted by Gasteiger charge is -2.20. The average molecular weight is 472 g/mol. The van der Waals surface area contributed by atoms with Gasteiger partial charge < -0.3 is 15.8 Å². The number of hydrogen-bond donors (Lipinski definition) is 4. The number of nitrogen functional groups attached to an aromatic ring is 1. The van der Waals surface area contributed by atoms with Crippen LogP contribution in [-0.2, 0) is 0 Å². The van der Waals surface area contributed by atoms with E-state index in [1.165, 1.54) is 12.4 Å². The Morgan fingerprint density at radius 1 is 1.26 bits per heavy atom. The van der Waals surface area contributed by atoms with Crippen molar-refractivity contribution in [2.75, 3.05) is 18.6 Å². The van der Waals surface area contributed by atoms with E-state index in [9.17, 15) is 9.18 Å². The van der Waals surface area contributed by atoms with Gasteiger partial charge in [-0.1, -0.05) is 5.92 Å². The normalized spacial score (nSPS) is 11.4. The third kappa shape index (κ3) is 5.33. The van der Waals surface area contributed by atoms with E-state index in [-0.39, 0.29) is 24.2 Å². The fraction of sp³-hybridized carbons (Fsp3) is 0.125. The van der Waals surface area contributed by atoms with E-state index in [1.807, 2.05) is 0 Å². The predicted molar refractivity (Wildman–Crippen MR) is 129 cm³/mol. The summed E-state index contributed by atoms with van der Waals surface area (Å²) >= 11 is 0. The maximum atomic E-state index is 12.7. The van der Waals surface area contributed by atoms with Crippen LogP contribution < -0.4 is 21.5 Å². The first-order valence-electron chi connectivity index (χ1n) is 10.5. The zero-order valence-electron chi connectivity index (χ0n) is 18.4. The van der Waals surface area contributed by atoms with Crippen molar-refractivity contribution >= 4 is 11.5 Å². The number of H-pyrrole nitrogens is 1. The van der Waals surface area contributed by atoms with Crippen LogP contribution in [-0.4, -0.2) is 43.8 Å². The van der Waals surface area contributed by atoms with Gasteiger partial charge in [0, 0.05) is 29.2 Å². The maximum absolute atomic E-state index is 12.7. The number of terminal acetylenes is 1. The summed E-state index contributed by atoms with van der Waals surface area (Å²) in [7, 11) is 0. The van der Waals surface area contributed by atoms with Gasteiger partial charge in [-0.05, 0) is 54.1 Å². The first-order valence-corrected chi connectivity index (χ1v) is 10.5. The number of rotatable bonds is 9. The van der Waals surface area contributed by atoms with Crippen molar-refractivity contribution in [3.8, 4) is 24.0 Å². The molecule has 35 heavy (non-hydrogen) atoms. The van der Waals surface area contributed by atoms with Gasteiger partial charge in [-0.25, -0.2) is 19.2 Å². The van der Waals surface area contributed by atoms with Crippen molar-refractivity contribution in [2.45, 2.75) is 6.04 Å². The molecule has 0 saturated heterocycles. The first kappa shape index (κ1) is 23.2. The van der Waals surface area contributed by atoms with Crippen molar-refractivity contribution in [3.63, 3.8) is 0 Å². The lowest BCUT2D eigenvalue weighted by molar-refractivity contribution is 0.273. The van der Waals surface area contributed by atoms with Gasteiger partial charge in [0.25, 0.3) is 5.95 Å². The highest BCUT2D eigenvalue weighted by Gasteiger charge is 2.22. The van der Waals surface area contributed by atoms with Crippen LogP contribution in [0.1, 0.15) is 28.6 Å². The standard InChI is InChI=1S/C24H21FN8O2/c1-2-15-12-17(14-19(13-15)35-11-8-25)20(30-18-6-4-16(5-7-18)21(26)27)22-31-24(34)33(32-22)23-28-9-3-10-29-23/h1,3-7,9-10,12-14,20,30H,8,11H2,(H3,26,27)(H,31,32,34). The van der Waals surface area contributed by atoms with Crippen molar-refractivity contribution in [1.82, 2.24) is 24.7 Å². The second kappa shape index (κ2) is 10.3. The molecule has 1 unspecified atom stereocenters. The van der Waals surface area contributed by atoms with E-state index in [4.69, 9.17) is 22.3 Å². The summed E-state index contributed by atoms with van der Waals surface area (Å²) in [5, 5.41) is 15.3. The topological polar surface area (TPSA) is 148 Å². The maximum Gasteiger partial charge on any atom is 0.350 e. The van der Waals surface area contributed by atoms with Crippen LogP contribution >= 0.6 is 0 Å². The number of halogens is 1. The lowest BCUT2D eigenvalue weighted by atomic mass is 10.0. The van der Waals surface area contributed by atoms with Crippen LogP contribution in [0.25, 0.3) is 5.95 Å².